The van der Waals surface area contributed by atoms with Crippen molar-refractivity contribution < 1.29 is 4.57 Å². The molecule has 0 spiro atoms. The van der Waals surface area contributed by atoms with Gasteiger partial charge in [-0.2, -0.15) is 0 Å². The minimum atomic E-state index is 0.139. The van der Waals surface area contributed by atoms with Crippen LogP contribution in [-0.4, -0.2) is 5.54 Å². The summed E-state index contributed by atoms with van der Waals surface area (Å²) in [6.07, 6.45) is 4.07. The zero-order valence-electron chi connectivity index (χ0n) is 8.26. The van der Waals surface area contributed by atoms with Crippen LogP contribution in [0.2, 0.25) is 0 Å². The number of nitrogens with zero attached hydrogens (tertiary/aromatic N) is 1. The smallest absolute Gasteiger partial charge is 0.170 e. The van der Waals surface area contributed by atoms with Crippen molar-refractivity contribution in [3.05, 3.63) is 24.5 Å². The zero-order valence-corrected chi connectivity index (χ0v) is 8.26. The first kappa shape index (κ1) is 9.04. The predicted molar refractivity (Wildman–Crippen MR) is 51.0 cm³/mol. The van der Waals surface area contributed by atoms with E-state index in [9.17, 15) is 0 Å². The monoisotopic (exact) mass is 165 g/mol. The maximum Gasteiger partial charge on any atom is 0.170 e. The Labute approximate surface area is 74.2 Å². The van der Waals surface area contributed by atoms with E-state index in [0.29, 0.717) is 0 Å². The van der Waals surface area contributed by atoms with E-state index >= 15 is 0 Å². The number of hydrogen-bond acceptors (Lipinski definition) is 1. The maximum absolute atomic E-state index is 3.40. The third-order valence-corrected chi connectivity index (χ3v) is 1.50. The Morgan fingerprint density at radius 1 is 1.17 bits per heavy atom. The van der Waals surface area contributed by atoms with Crippen LogP contribution in [0.5, 0.6) is 0 Å². The lowest BCUT2D eigenvalue weighted by atomic mass is 10.1. The number of anilines is 1. The lowest BCUT2D eigenvalue weighted by Gasteiger charge is -2.21. The van der Waals surface area contributed by atoms with Crippen molar-refractivity contribution >= 4 is 5.69 Å². The minimum absolute atomic E-state index is 0.139. The molecule has 0 bridgehead atoms. The standard InChI is InChI=1S/C10H16N2/c1-10(2,3)11-9-5-7-12(4)8-6-9/h5-8H,1-4H3/p+1. The van der Waals surface area contributed by atoms with Gasteiger partial charge in [-0.1, -0.05) is 0 Å². The molecule has 1 aromatic rings. The highest BCUT2D eigenvalue weighted by atomic mass is 15.0. The summed E-state index contributed by atoms with van der Waals surface area (Å²) in [6.45, 7) is 6.46. The quantitative estimate of drug-likeness (QED) is 0.627. The number of nitrogens with one attached hydrogen (secondary N) is 1. The van der Waals surface area contributed by atoms with Gasteiger partial charge in [0.05, 0.1) is 0 Å². The van der Waals surface area contributed by atoms with E-state index in [1.165, 1.54) is 5.69 Å². The van der Waals surface area contributed by atoms with E-state index < -0.39 is 0 Å². The molecule has 0 aromatic carbocycles. The molecule has 1 rings (SSSR count). The average molecular weight is 165 g/mol. The Kier molecular flexibility index (Phi) is 2.36. The summed E-state index contributed by atoms with van der Waals surface area (Å²) >= 11 is 0. The molecule has 0 fully saturated rings. The number of rotatable bonds is 1. The van der Waals surface area contributed by atoms with E-state index in [-0.39, 0.29) is 5.54 Å². The Morgan fingerprint density at radius 2 is 1.67 bits per heavy atom. The summed E-state index contributed by atoms with van der Waals surface area (Å²) in [6, 6.07) is 4.15. The van der Waals surface area contributed by atoms with Crippen LogP contribution in [0, 0.1) is 0 Å². The molecule has 66 valence electrons. The summed E-state index contributed by atoms with van der Waals surface area (Å²) in [5.41, 5.74) is 1.31. The van der Waals surface area contributed by atoms with Crippen LogP contribution in [0.15, 0.2) is 24.5 Å². The molecular weight excluding hydrogens is 148 g/mol. The second kappa shape index (κ2) is 3.13. The molecular formula is C10H17N2+. The number of pyridine rings is 1. The molecule has 1 N–H and O–H groups in total. The molecule has 0 atom stereocenters. The highest BCUT2D eigenvalue weighted by Crippen LogP contribution is 2.11. The van der Waals surface area contributed by atoms with Crippen LogP contribution >= 0.6 is 0 Å². The van der Waals surface area contributed by atoms with Crippen molar-refractivity contribution in [1.82, 2.24) is 0 Å². The Balaban J connectivity index is 2.71. The molecule has 0 amide bonds. The van der Waals surface area contributed by atoms with Gasteiger partial charge in [-0.05, 0) is 20.8 Å². The van der Waals surface area contributed by atoms with Crippen LogP contribution in [0.1, 0.15) is 20.8 Å². The van der Waals surface area contributed by atoms with Gasteiger partial charge in [0.25, 0.3) is 0 Å². The minimum Gasteiger partial charge on any atom is -0.380 e. The molecule has 0 saturated heterocycles. The van der Waals surface area contributed by atoms with E-state index in [2.05, 4.69) is 38.2 Å². The van der Waals surface area contributed by atoms with Crippen LogP contribution in [-0.2, 0) is 7.05 Å². The lowest BCUT2D eigenvalue weighted by Crippen LogP contribution is -2.29. The van der Waals surface area contributed by atoms with Gasteiger partial charge in [-0.25, -0.2) is 4.57 Å². The summed E-state index contributed by atoms with van der Waals surface area (Å²) in [5, 5.41) is 3.40. The fourth-order valence-corrected chi connectivity index (χ4v) is 1.02. The van der Waals surface area contributed by atoms with Gasteiger partial charge in [0.2, 0.25) is 0 Å². The average Bonchev–Trinajstić information content (AvgIpc) is 1.91. The highest BCUT2D eigenvalue weighted by Gasteiger charge is 2.08. The molecule has 2 nitrogen and oxygen atoms in total. The Hall–Kier alpha value is -1.05. The number of aryl methyl sites for hydroxylation is 1. The third-order valence-electron chi connectivity index (χ3n) is 1.50. The van der Waals surface area contributed by atoms with Gasteiger partial charge in [-0.15, -0.1) is 0 Å². The molecule has 1 heterocycles. The van der Waals surface area contributed by atoms with Crippen molar-refractivity contribution in [2.24, 2.45) is 7.05 Å². The van der Waals surface area contributed by atoms with E-state index in [0.717, 1.165) is 0 Å². The SMILES string of the molecule is C[n+]1ccc(NC(C)(C)C)cc1. The zero-order chi connectivity index (χ0) is 9.19. The summed E-state index contributed by atoms with van der Waals surface area (Å²) in [7, 11) is 2.01. The van der Waals surface area contributed by atoms with Gasteiger partial charge in [-0.3, -0.25) is 0 Å². The van der Waals surface area contributed by atoms with Crippen molar-refractivity contribution in [1.29, 1.82) is 0 Å². The predicted octanol–water partition coefficient (Wildman–Crippen LogP) is 1.72. The van der Waals surface area contributed by atoms with E-state index in [1.54, 1.807) is 0 Å². The molecule has 0 aliphatic heterocycles. The first-order valence-corrected chi connectivity index (χ1v) is 4.21. The summed E-state index contributed by atoms with van der Waals surface area (Å²) < 4.78 is 2.02. The number of hydrogen-bond donors (Lipinski definition) is 1. The highest BCUT2D eigenvalue weighted by molar-refractivity contribution is 5.41. The van der Waals surface area contributed by atoms with Crippen molar-refractivity contribution in [3.8, 4) is 0 Å². The van der Waals surface area contributed by atoms with Gasteiger partial charge >= 0.3 is 0 Å². The van der Waals surface area contributed by atoms with Crippen molar-refractivity contribution in [2.75, 3.05) is 5.32 Å². The third kappa shape index (κ3) is 2.91. The molecule has 0 saturated carbocycles. The van der Waals surface area contributed by atoms with E-state index in [4.69, 9.17) is 0 Å². The number of aromatic nitrogens is 1. The van der Waals surface area contributed by atoms with Crippen LogP contribution in [0.4, 0.5) is 5.69 Å². The molecule has 2 heteroatoms. The molecule has 0 aliphatic carbocycles. The maximum atomic E-state index is 3.40. The molecule has 0 unspecified atom stereocenters. The van der Waals surface area contributed by atoms with Gasteiger partial charge in [0.15, 0.2) is 12.4 Å². The van der Waals surface area contributed by atoms with Gasteiger partial charge < -0.3 is 5.32 Å². The molecule has 0 radical (unpaired) electrons. The van der Waals surface area contributed by atoms with Crippen LogP contribution in [0.25, 0.3) is 0 Å². The van der Waals surface area contributed by atoms with Gasteiger partial charge in [0.1, 0.15) is 7.05 Å². The molecule has 1 aromatic heterocycles. The fraction of sp³-hybridized carbons (Fsp3) is 0.500. The topological polar surface area (TPSA) is 15.9 Å². The first-order chi connectivity index (χ1) is 5.47. The van der Waals surface area contributed by atoms with Crippen LogP contribution in [0.3, 0.4) is 0 Å². The normalized spacial score (nSPS) is 11.3. The summed E-state index contributed by atoms with van der Waals surface area (Å²) in [5.74, 6) is 0. The van der Waals surface area contributed by atoms with Gasteiger partial charge in [0, 0.05) is 23.4 Å². The largest absolute Gasteiger partial charge is 0.380 e. The second-order valence-electron chi connectivity index (χ2n) is 4.13. The lowest BCUT2D eigenvalue weighted by molar-refractivity contribution is -0.671. The van der Waals surface area contributed by atoms with Crippen LogP contribution < -0.4 is 9.88 Å². The Bertz CT molecular complexity index is 244. The Morgan fingerprint density at radius 3 is 2.08 bits per heavy atom. The second-order valence-corrected chi connectivity index (χ2v) is 4.13. The molecule has 12 heavy (non-hydrogen) atoms. The summed E-state index contributed by atoms with van der Waals surface area (Å²) in [4.78, 5) is 0. The first-order valence-electron chi connectivity index (χ1n) is 4.21. The van der Waals surface area contributed by atoms with Crippen molar-refractivity contribution in [3.63, 3.8) is 0 Å². The molecule has 0 aliphatic rings. The van der Waals surface area contributed by atoms with Crippen molar-refractivity contribution in [2.45, 2.75) is 26.3 Å². The van der Waals surface area contributed by atoms with E-state index in [1.807, 2.05) is 24.0 Å². The fourth-order valence-electron chi connectivity index (χ4n) is 1.02.